The predicted molar refractivity (Wildman–Crippen MR) is 103 cm³/mol. The van der Waals surface area contributed by atoms with Gasteiger partial charge in [-0.15, -0.1) is 0 Å². The number of piperazine rings is 1. The van der Waals surface area contributed by atoms with Gasteiger partial charge in [-0.25, -0.2) is 11.6 Å². The van der Waals surface area contributed by atoms with Crippen LogP contribution >= 0.6 is 0 Å². The molecule has 0 spiro atoms. The summed E-state index contributed by atoms with van der Waals surface area (Å²) >= 11 is 0. The molecule has 3 fully saturated rings. The Morgan fingerprint density at radius 1 is 1.32 bits per heavy atom. The van der Waals surface area contributed by atoms with Crippen LogP contribution in [0.2, 0.25) is 0 Å². The van der Waals surface area contributed by atoms with Gasteiger partial charge in [-0.05, 0) is 18.9 Å². The summed E-state index contributed by atoms with van der Waals surface area (Å²) in [5.74, 6) is 1.53. The second-order valence-electron chi connectivity index (χ2n) is 7.84. The number of hydrogen-bond acceptors (Lipinski definition) is 6. The first kappa shape index (κ1) is 17.0. The van der Waals surface area contributed by atoms with Gasteiger partial charge in [-0.2, -0.15) is 10.1 Å². The van der Waals surface area contributed by atoms with Crippen LogP contribution in [0.5, 0.6) is 0 Å². The summed E-state index contributed by atoms with van der Waals surface area (Å²) in [6.45, 7) is 8.70. The van der Waals surface area contributed by atoms with Crippen molar-refractivity contribution in [2.45, 2.75) is 37.4 Å². The van der Waals surface area contributed by atoms with E-state index in [1.54, 1.807) is 17.1 Å². The summed E-state index contributed by atoms with van der Waals surface area (Å²) in [5.41, 5.74) is 0.842. The number of carbonyl (C=O) groups excluding carboxylic acids is 1. The quantitative estimate of drug-likeness (QED) is 0.811. The molecule has 0 unspecified atom stereocenters. The molecule has 9 heteroatoms. The smallest absolute Gasteiger partial charge is 0.236 e. The molecule has 4 heterocycles. The SMILES string of the molecule is [C-]#[N+][C@H]1C[C@H]1C(=O)N1[C@@H]2CC[C@H]1CN(c1ccnc(Nc3cnn(C)c3)n1)C2. The number of aromatic nitrogens is 4. The van der Waals surface area contributed by atoms with Crippen molar-refractivity contribution in [3.05, 3.63) is 36.1 Å². The highest BCUT2D eigenvalue weighted by atomic mass is 16.2. The van der Waals surface area contributed by atoms with Gasteiger partial charge in [0, 0.05) is 51.0 Å². The fraction of sp³-hybridized carbons (Fsp3) is 0.526. The first-order chi connectivity index (χ1) is 13.6. The Kier molecular flexibility index (Phi) is 3.93. The highest BCUT2D eigenvalue weighted by Crippen LogP contribution is 2.40. The number of hydrogen-bond donors (Lipinski definition) is 1. The number of nitrogens with one attached hydrogen (secondary N) is 1. The van der Waals surface area contributed by atoms with E-state index in [1.807, 2.05) is 19.3 Å². The third kappa shape index (κ3) is 2.95. The molecule has 1 saturated carbocycles. The molecule has 0 aromatic carbocycles. The van der Waals surface area contributed by atoms with Crippen molar-refractivity contribution in [1.29, 1.82) is 0 Å². The van der Waals surface area contributed by atoms with Crippen LogP contribution in [0.3, 0.4) is 0 Å². The van der Waals surface area contributed by atoms with Gasteiger partial charge in [0.2, 0.25) is 17.9 Å². The molecule has 9 nitrogen and oxygen atoms in total. The maximum atomic E-state index is 12.8. The second-order valence-corrected chi connectivity index (χ2v) is 7.84. The zero-order chi connectivity index (χ0) is 19.3. The van der Waals surface area contributed by atoms with Gasteiger partial charge in [0.25, 0.3) is 0 Å². The highest BCUT2D eigenvalue weighted by Gasteiger charge is 2.55. The average molecular weight is 378 g/mol. The summed E-state index contributed by atoms with van der Waals surface area (Å²) < 4.78 is 1.72. The lowest BCUT2D eigenvalue weighted by Gasteiger charge is -2.41. The van der Waals surface area contributed by atoms with E-state index in [2.05, 4.69) is 35.0 Å². The van der Waals surface area contributed by atoms with Crippen molar-refractivity contribution in [3.63, 3.8) is 0 Å². The van der Waals surface area contributed by atoms with E-state index in [9.17, 15) is 4.79 Å². The summed E-state index contributed by atoms with van der Waals surface area (Å²) in [6.07, 6.45) is 8.13. The molecule has 2 aliphatic heterocycles. The number of fused-ring (bicyclic) bond motifs is 2. The number of rotatable bonds is 4. The van der Waals surface area contributed by atoms with E-state index in [0.29, 0.717) is 5.95 Å². The molecular weight excluding hydrogens is 356 g/mol. The van der Waals surface area contributed by atoms with Crippen LogP contribution in [0.4, 0.5) is 17.5 Å². The highest BCUT2D eigenvalue weighted by molar-refractivity contribution is 5.84. The van der Waals surface area contributed by atoms with Crippen molar-refractivity contribution in [3.8, 4) is 0 Å². The largest absolute Gasteiger partial charge is 0.352 e. The van der Waals surface area contributed by atoms with Crippen LogP contribution < -0.4 is 10.2 Å². The number of aryl methyl sites for hydroxylation is 1. The molecule has 2 saturated heterocycles. The van der Waals surface area contributed by atoms with Crippen LogP contribution in [0, 0.1) is 12.5 Å². The standard InChI is InChI=1S/C19H22N8O/c1-20-16-7-15(16)18(28)27-13-3-4-14(27)11-26(10-13)17-5-6-21-19(24-17)23-12-8-22-25(2)9-12/h5-6,8-9,13-16H,3-4,7,10-11H2,2H3,(H,21,23,24)/t13-,14+,15-,16+/m1/s1. The molecule has 28 heavy (non-hydrogen) atoms. The van der Waals surface area contributed by atoms with Crippen LogP contribution in [-0.4, -0.2) is 61.8 Å². The van der Waals surface area contributed by atoms with Gasteiger partial charge in [0.15, 0.2) is 0 Å². The average Bonchev–Trinajstić information content (AvgIpc) is 3.32. The molecule has 2 bridgehead atoms. The molecule has 1 aliphatic carbocycles. The molecule has 3 aliphatic rings. The zero-order valence-corrected chi connectivity index (χ0v) is 15.7. The van der Waals surface area contributed by atoms with Gasteiger partial charge in [-0.1, -0.05) is 0 Å². The Morgan fingerprint density at radius 3 is 2.75 bits per heavy atom. The van der Waals surface area contributed by atoms with Gasteiger partial charge >= 0.3 is 0 Å². The Morgan fingerprint density at radius 2 is 2.11 bits per heavy atom. The third-order valence-electron chi connectivity index (χ3n) is 5.90. The van der Waals surface area contributed by atoms with Crippen molar-refractivity contribution >= 4 is 23.4 Å². The van der Waals surface area contributed by atoms with E-state index in [-0.39, 0.29) is 30.0 Å². The van der Waals surface area contributed by atoms with Gasteiger partial charge in [-0.3, -0.25) is 9.48 Å². The van der Waals surface area contributed by atoms with Crippen molar-refractivity contribution < 1.29 is 4.79 Å². The Hall–Kier alpha value is -3.15. The molecule has 5 rings (SSSR count). The monoisotopic (exact) mass is 378 g/mol. The van der Waals surface area contributed by atoms with Crippen LogP contribution in [-0.2, 0) is 11.8 Å². The minimum atomic E-state index is -0.0899. The molecule has 1 N–H and O–H groups in total. The normalized spacial score (nSPS) is 28.1. The lowest BCUT2D eigenvalue weighted by Crippen LogP contribution is -2.56. The number of anilines is 3. The number of amides is 1. The Labute approximate surface area is 163 Å². The van der Waals surface area contributed by atoms with Crippen LogP contribution in [0.15, 0.2) is 24.7 Å². The summed E-state index contributed by atoms with van der Waals surface area (Å²) in [5, 5.41) is 7.32. The van der Waals surface area contributed by atoms with E-state index in [1.165, 1.54) is 0 Å². The molecule has 144 valence electrons. The van der Waals surface area contributed by atoms with Crippen LogP contribution in [0.1, 0.15) is 19.3 Å². The maximum Gasteiger partial charge on any atom is 0.236 e. The van der Waals surface area contributed by atoms with E-state index >= 15 is 0 Å². The first-order valence-electron chi connectivity index (χ1n) is 9.65. The molecule has 2 aromatic rings. The number of carbonyl (C=O) groups is 1. The minimum Gasteiger partial charge on any atom is -0.352 e. The minimum absolute atomic E-state index is 0.0681. The van der Waals surface area contributed by atoms with E-state index in [0.717, 1.165) is 43.9 Å². The molecule has 4 atom stereocenters. The molecule has 1 amide bonds. The lowest BCUT2D eigenvalue weighted by molar-refractivity contribution is -0.136. The third-order valence-corrected chi connectivity index (χ3v) is 5.90. The van der Waals surface area contributed by atoms with Crippen molar-refractivity contribution in [1.82, 2.24) is 24.6 Å². The maximum absolute atomic E-state index is 12.8. The summed E-state index contributed by atoms with van der Waals surface area (Å²) in [7, 11) is 1.86. The topological polar surface area (TPSA) is 83.5 Å². The Bertz CT molecular complexity index is 935. The van der Waals surface area contributed by atoms with Crippen molar-refractivity contribution in [2.24, 2.45) is 13.0 Å². The second kappa shape index (κ2) is 6.48. The molecule has 2 aromatic heterocycles. The summed E-state index contributed by atoms with van der Waals surface area (Å²) in [4.78, 5) is 29.6. The summed E-state index contributed by atoms with van der Waals surface area (Å²) in [6, 6.07) is 2.25. The molecular formula is C19H22N8O. The van der Waals surface area contributed by atoms with Gasteiger partial charge in [0.1, 0.15) is 11.7 Å². The van der Waals surface area contributed by atoms with E-state index < -0.39 is 0 Å². The van der Waals surface area contributed by atoms with E-state index in [4.69, 9.17) is 6.57 Å². The fourth-order valence-corrected chi connectivity index (χ4v) is 4.43. The van der Waals surface area contributed by atoms with Gasteiger partial charge < -0.3 is 20.0 Å². The van der Waals surface area contributed by atoms with Gasteiger partial charge in [0.05, 0.1) is 11.9 Å². The lowest BCUT2D eigenvalue weighted by atomic mass is 10.1. The van der Waals surface area contributed by atoms with Crippen LogP contribution in [0.25, 0.3) is 4.85 Å². The predicted octanol–water partition coefficient (Wildman–Crippen LogP) is 1.44. The first-order valence-corrected chi connectivity index (χ1v) is 9.65. The Balaban J connectivity index is 1.29. The fourth-order valence-electron chi connectivity index (χ4n) is 4.43. The van der Waals surface area contributed by atoms with Crippen molar-refractivity contribution in [2.75, 3.05) is 23.3 Å². The molecule has 0 radical (unpaired) electrons. The number of nitrogens with zero attached hydrogens (tertiary/aromatic N) is 7. The zero-order valence-electron chi connectivity index (χ0n) is 15.7.